The molecule has 19 heavy (non-hydrogen) atoms. The molecule has 104 valence electrons. The van der Waals surface area contributed by atoms with Gasteiger partial charge in [-0.1, -0.05) is 6.07 Å². The Bertz CT molecular complexity index is 479. The molecule has 1 saturated heterocycles. The number of phenolic OH excluding ortho intramolecular Hbond substituents is 1. The van der Waals surface area contributed by atoms with Crippen molar-refractivity contribution in [2.45, 2.75) is 19.3 Å². The van der Waals surface area contributed by atoms with Crippen molar-refractivity contribution in [1.82, 2.24) is 4.90 Å². The van der Waals surface area contributed by atoms with Crippen LogP contribution in [0, 0.1) is 11.7 Å². The number of piperidine rings is 1. The standard InChI is InChI=1S/C14H19FN2O2/c1-9(18)17-5-4-10(7-16)13(8-17)12-3-2-11(15)6-14(12)19/h2-3,6,10,13,19H,4-5,7-8,16H2,1H3. The molecule has 1 fully saturated rings. The zero-order chi connectivity index (χ0) is 14.0. The van der Waals surface area contributed by atoms with Crippen LogP contribution in [0.4, 0.5) is 4.39 Å². The maximum Gasteiger partial charge on any atom is 0.219 e. The number of phenols is 1. The third-order valence-electron chi connectivity index (χ3n) is 3.90. The number of amides is 1. The molecule has 2 rings (SSSR count). The molecule has 1 heterocycles. The summed E-state index contributed by atoms with van der Waals surface area (Å²) in [6, 6.07) is 4.02. The minimum Gasteiger partial charge on any atom is -0.508 e. The van der Waals surface area contributed by atoms with Crippen molar-refractivity contribution in [3.63, 3.8) is 0 Å². The fourth-order valence-electron chi connectivity index (χ4n) is 2.75. The molecular formula is C14H19FN2O2. The Hall–Kier alpha value is -1.62. The summed E-state index contributed by atoms with van der Waals surface area (Å²) in [5.74, 6) is -0.351. The van der Waals surface area contributed by atoms with Crippen molar-refractivity contribution in [1.29, 1.82) is 0 Å². The molecule has 0 bridgehead atoms. The molecule has 1 amide bonds. The fraction of sp³-hybridized carbons (Fsp3) is 0.500. The number of benzene rings is 1. The first-order chi connectivity index (χ1) is 9.02. The second-order valence-electron chi connectivity index (χ2n) is 5.06. The summed E-state index contributed by atoms with van der Waals surface area (Å²) in [6.07, 6.45) is 0.803. The summed E-state index contributed by atoms with van der Waals surface area (Å²) >= 11 is 0. The number of carbonyl (C=O) groups is 1. The van der Waals surface area contributed by atoms with Gasteiger partial charge < -0.3 is 15.7 Å². The molecule has 0 aromatic heterocycles. The smallest absolute Gasteiger partial charge is 0.219 e. The van der Waals surface area contributed by atoms with Crippen molar-refractivity contribution in [2.75, 3.05) is 19.6 Å². The first kappa shape index (κ1) is 13.8. The second kappa shape index (κ2) is 5.57. The summed E-state index contributed by atoms with van der Waals surface area (Å²) in [5, 5.41) is 9.90. The zero-order valence-corrected chi connectivity index (χ0v) is 11.0. The number of hydrogen-bond donors (Lipinski definition) is 2. The summed E-state index contributed by atoms with van der Waals surface area (Å²) in [4.78, 5) is 13.2. The van der Waals surface area contributed by atoms with Crippen molar-refractivity contribution in [3.8, 4) is 5.75 Å². The molecule has 0 saturated carbocycles. The number of halogens is 1. The lowest BCUT2D eigenvalue weighted by Crippen LogP contribution is -2.43. The quantitative estimate of drug-likeness (QED) is 0.851. The zero-order valence-electron chi connectivity index (χ0n) is 11.0. The minimum absolute atomic E-state index is 0.0158. The molecular weight excluding hydrogens is 247 g/mol. The Morgan fingerprint density at radius 1 is 1.58 bits per heavy atom. The molecule has 3 N–H and O–H groups in total. The van der Waals surface area contributed by atoms with E-state index in [9.17, 15) is 14.3 Å². The highest BCUT2D eigenvalue weighted by Crippen LogP contribution is 2.36. The lowest BCUT2D eigenvalue weighted by Gasteiger charge is -2.38. The predicted octanol–water partition coefficient (Wildman–Crippen LogP) is 1.44. The lowest BCUT2D eigenvalue weighted by atomic mass is 9.80. The molecule has 5 heteroatoms. The molecule has 0 radical (unpaired) electrons. The van der Waals surface area contributed by atoms with Gasteiger partial charge in [-0.2, -0.15) is 0 Å². The number of carbonyl (C=O) groups excluding carboxylic acids is 1. The fourth-order valence-corrected chi connectivity index (χ4v) is 2.75. The van der Waals surface area contributed by atoms with E-state index in [2.05, 4.69) is 0 Å². The van der Waals surface area contributed by atoms with Crippen LogP contribution in [0.2, 0.25) is 0 Å². The molecule has 0 spiro atoms. The Morgan fingerprint density at radius 2 is 2.32 bits per heavy atom. The Kier molecular flexibility index (Phi) is 4.04. The van der Waals surface area contributed by atoms with E-state index in [-0.39, 0.29) is 23.5 Å². The van der Waals surface area contributed by atoms with Crippen molar-refractivity contribution in [2.24, 2.45) is 11.7 Å². The van der Waals surface area contributed by atoms with Gasteiger partial charge in [0.25, 0.3) is 0 Å². The van der Waals surface area contributed by atoms with Gasteiger partial charge in [-0.15, -0.1) is 0 Å². The number of aromatic hydroxyl groups is 1. The summed E-state index contributed by atoms with van der Waals surface area (Å²) in [7, 11) is 0. The van der Waals surface area contributed by atoms with Gasteiger partial charge in [0, 0.05) is 32.0 Å². The van der Waals surface area contributed by atoms with Crippen LogP contribution in [0.3, 0.4) is 0 Å². The van der Waals surface area contributed by atoms with Crippen LogP contribution in [0.25, 0.3) is 0 Å². The number of nitrogens with two attached hydrogens (primary N) is 1. The summed E-state index contributed by atoms with van der Waals surface area (Å²) < 4.78 is 13.0. The van der Waals surface area contributed by atoms with Crippen LogP contribution in [0.1, 0.15) is 24.8 Å². The molecule has 2 atom stereocenters. The van der Waals surface area contributed by atoms with E-state index in [1.165, 1.54) is 13.0 Å². The highest BCUT2D eigenvalue weighted by Gasteiger charge is 2.32. The van der Waals surface area contributed by atoms with Crippen LogP contribution in [0.5, 0.6) is 5.75 Å². The van der Waals surface area contributed by atoms with E-state index in [0.29, 0.717) is 25.2 Å². The lowest BCUT2D eigenvalue weighted by molar-refractivity contribution is -0.130. The van der Waals surface area contributed by atoms with Gasteiger partial charge in [0.05, 0.1) is 0 Å². The van der Waals surface area contributed by atoms with Gasteiger partial charge in [0.15, 0.2) is 0 Å². The number of hydrogen-bond acceptors (Lipinski definition) is 3. The largest absolute Gasteiger partial charge is 0.508 e. The minimum atomic E-state index is -0.468. The maximum atomic E-state index is 13.0. The van der Waals surface area contributed by atoms with Crippen molar-refractivity contribution in [3.05, 3.63) is 29.6 Å². The van der Waals surface area contributed by atoms with Gasteiger partial charge in [-0.05, 0) is 30.5 Å². The molecule has 2 unspecified atom stereocenters. The van der Waals surface area contributed by atoms with Crippen LogP contribution < -0.4 is 5.73 Å². The normalized spacial score (nSPS) is 23.4. The van der Waals surface area contributed by atoms with Crippen molar-refractivity contribution < 1.29 is 14.3 Å². The molecule has 1 aliphatic heterocycles. The van der Waals surface area contributed by atoms with E-state index in [0.717, 1.165) is 12.5 Å². The Balaban J connectivity index is 2.29. The Labute approximate surface area is 112 Å². The van der Waals surface area contributed by atoms with Gasteiger partial charge in [-0.3, -0.25) is 4.79 Å². The van der Waals surface area contributed by atoms with Gasteiger partial charge >= 0.3 is 0 Å². The van der Waals surface area contributed by atoms with E-state index < -0.39 is 5.82 Å². The van der Waals surface area contributed by atoms with Crippen molar-refractivity contribution >= 4 is 5.91 Å². The number of nitrogens with zero attached hydrogens (tertiary/aromatic N) is 1. The maximum absolute atomic E-state index is 13.0. The molecule has 1 aromatic carbocycles. The van der Waals surface area contributed by atoms with Gasteiger partial charge in [0.1, 0.15) is 11.6 Å². The van der Waals surface area contributed by atoms with E-state index in [1.54, 1.807) is 11.0 Å². The molecule has 1 aromatic rings. The predicted molar refractivity (Wildman–Crippen MR) is 70.2 cm³/mol. The van der Waals surface area contributed by atoms with Crippen LogP contribution in [0.15, 0.2) is 18.2 Å². The third kappa shape index (κ3) is 2.87. The monoisotopic (exact) mass is 266 g/mol. The molecule has 4 nitrogen and oxygen atoms in total. The van der Waals surface area contributed by atoms with Gasteiger partial charge in [-0.25, -0.2) is 4.39 Å². The van der Waals surface area contributed by atoms with Crippen LogP contribution in [-0.4, -0.2) is 35.5 Å². The van der Waals surface area contributed by atoms with Crippen LogP contribution >= 0.6 is 0 Å². The molecule has 0 aliphatic carbocycles. The van der Waals surface area contributed by atoms with Crippen LogP contribution in [-0.2, 0) is 4.79 Å². The first-order valence-electron chi connectivity index (χ1n) is 6.47. The summed E-state index contributed by atoms with van der Waals surface area (Å²) in [5.41, 5.74) is 6.44. The molecule has 1 aliphatic rings. The summed E-state index contributed by atoms with van der Waals surface area (Å²) in [6.45, 7) is 3.24. The number of likely N-dealkylation sites (tertiary alicyclic amines) is 1. The van der Waals surface area contributed by atoms with E-state index in [1.807, 2.05) is 0 Å². The Morgan fingerprint density at radius 3 is 2.89 bits per heavy atom. The average molecular weight is 266 g/mol. The number of rotatable bonds is 2. The first-order valence-corrected chi connectivity index (χ1v) is 6.47. The highest BCUT2D eigenvalue weighted by molar-refractivity contribution is 5.73. The second-order valence-corrected chi connectivity index (χ2v) is 5.06. The van der Waals surface area contributed by atoms with E-state index in [4.69, 9.17) is 5.73 Å². The van der Waals surface area contributed by atoms with E-state index >= 15 is 0 Å². The SMILES string of the molecule is CC(=O)N1CCC(CN)C(c2ccc(F)cc2O)C1. The van der Waals surface area contributed by atoms with Gasteiger partial charge in [0.2, 0.25) is 5.91 Å². The topological polar surface area (TPSA) is 66.6 Å². The highest BCUT2D eigenvalue weighted by atomic mass is 19.1. The third-order valence-corrected chi connectivity index (χ3v) is 3.90. The average Bonchev–Trinajstić information content (AvgIpc) is 2.38.